The molecule has 0 fully saturated rings. The average molecular weight is 210 g/mol. The van der Waals surface area contributed by atoms with Crippen molar-refractivity contribution in [2.24, 2.45) is 5.73 Å². The molecule has 0 aliphatic rings. The van der Waals surface area contributed by atoms with Crippen molar-refractivity contribution in [1.29, 1.82) is 0 Å². The Morgan fingerprint density at radius 2 is 2.29 bits per heavy atom. The highest BCUT2D eigenvalue weighted by atomic mass is 35.5. The Morgan fingerprint density at radius 1 is 1.57 bits per heavy atom. The molecule has 0 saturated heterocycles. The second-order valence-electron chi connectivity index (χ2n) is 2.46. The number of benzene rings is 1. The third-order valence-electron chi connectivity index (χ3n) is 1.48. The fourth-order valence-electron chi connectivity index (χ4n) is 0.878. The summed E-state index contributed by atoms with van der Waals surface area (Å²) in [5.74, 6) is 4.68. The number of methoxy groups -OCH3 is 1. The topological polar surface area (TPSA) is 52.3 Å². The molecule has 1 aromatic rings. The van der Waals surface area contributed by atoms with Gasteiger partial charge in [-0.15, -0.1) is 0 Å². The summed E-state index contributed by atoms with van der Waals surface area (Å²) in [6.45, 7) is 0. The van der Waals surface area contributed by atoms with E-state index in [0.717, 1.165) is 0 Å². The molecule has 0 unspecified atom stereocenters. The van der Waals surface area contributed by atoms with Crippen LogP contribution in [0.1, 0.15) is 5.56 Å². The minimum absolute atomic E-state index is 0.448. The molecule has 0 aliphatic carbocycles. The molecule has 1 amide bonds. The molecule has 4 heteroatoms. The summed E-state index contributed by atoms with van der Waals surface area (Å²) < 4.78 is 4.95. The molecule has 3 nitrogen and oxygen atoms in total. The lowest BCUT2D eigenvalue weighted by molar-refractivity contribution is -0.112. The van der Waals surface area contributed by atoms with Gasteiger partial charge in [0.15, 0.2) is 0 Å². The van der Waals surface area contributed by atoms with Crippen LogP contribution in [-0.2, 0) is 4.79 Å². The van der Waals surface area contributed by atoms with E-state index in [1.165, 1.54) is 7.11 Å². The summed E-state index contributed by atoms with van der Waals surface area (Å²) in [6, 6.07) is 4.98. The Kier molecular flexibility index (Phi) is 3.38. The largest absolute Gasteiger partial charge is 0.495 e. The van der Waals surface area contributed by atoms with E-state index in [-0.39, 0.29) is 0 Å². The van der Waals surface area contributed by atoms with E-state index in [0.29, 0.717) is 16.3 Å². The number of nitrogens with two attached hydrogens (primary N) is 1. The minimum atomic E-state index is -0.669. The van der Waals surface area contributed by atoms with Crippen molar-refractivity contribution in [2.75, 3.05) is 7.11 Å². The lowest BCUT2D eigenvalue weighted by atomic mass is 10.2. The predicted octanol–water partition coefficient (Wildman–Crippen LogP) is 1.19. The van der Waals surface area contributed by atoms with Crippen molar-refractivity contribution in [2.45, 2.75) is 0 Å². The highest BCUT2D eigenvalue weighted by Crippen LogP contribution is 2.24. The quantitative estimate of drug-likeness (QED) is 0.707. The van der Waals surface area contributed by atoms with Gasteiger partial charge in [-0.2, -0.15) is 0 Å². The third-order valence-corrected chi connectivity index (χ3v) is 1.78. The maximum atomic E-state index is 10.4. The number of carbonyl (C=O) groups excluding carboxylic acids is 1. The fraction of sp³-hybridized carbons (Fsp3) is 0.100. The Labute approximate surface area is 86.8 Å². The zero-order valence-corrected chi connectivity index (χ0v) is 8.26. The number of carbonyl (C=O) groups is 1. The number of amides is 1. The van der Waals surface area contributed by atoms with E-state index in [4.69, 9.17) is 22.1 Å². The maximum Gasteiger partial charge on any atom is 0.293 e. The lowest BCUT2D eigenvalue weighted by Gasteiger charge is -2.01. The highest BCUT2D eigenvalue weighted by molar-refractivity contribution is 6.32. The molecule has 0 radical (unpaired) electrons. The van der Waals surface area contributed by atoms with Gasteiger partial charge in [-0.05, 0) is 24.1 Å². The molecule has 0 heterocycles. The van der Waals surface area contributed by atoms with Crippen molar-refractivity contribution in [3.05, 3.63) is 28.8 Å². The van der Waals surface area contributed by atoms with E-state index >= 15 is 0 Å². The second-order valence-corrected chi connectivity index (χ2v) is 2.87. The van der Waals surface area contributed by atoms with Crippen LogP contribution in [0.5, 0.6) is 5.75 Å². The molecular formula is C10H8ClNO2. The van der Waals surface area contributed by atoms with E-state index in [2.05, 4.69) is 11.8 Å². The van der Waals surface area contributed by atoms with Crippen LogP contribution in [0.25, 0.3) is 0 Å². The van der Waals surface area contributed by atoms with Gasteiger partial charge < -0.3 is 10.5 Å². The van der Waals surface area contributed by atoms with E-state index in [9.17, 15) is 4.79 Å². The molecule has 1 rings (SSSR count). The molecule has 0 aliphatic heterocycles. The average Bonchev–Trinajstić information content (AvgIpc) is 2.15. The number of rotatable bonds is 1. The van der Waals surface area contributed by atoms with Crippen LogP contribution in [0, 0.1) is 11.8 Å². The van der Waals surface area contributed by atoms with Crippen LogP contribution in [0.3, 0.4) is 0 Å². The summed E-state index contributed by atoms with van der Waals surface area (Å²) in [6.07, 6.45) is 0. The van der Waals surface area contributed by atoms with Crippen LogP contribution in [0.2, 0.25) is 5.02 Å². The van der Waals surface area contributed by atoms with Gasteiger partial charge in [-0.25, -0.2) is 0 Å². The molecule has 72 valence electrons. The predicted molar refractivity (Wildman–Crippen MR) is 54.1 cm³/mol. The molecular weight excluding hydrogens is 202 g/mol. The van der Waals surface area contributed by atoms with Crippen molar-refractivity contribution < 1.29 is 9.53 Å². The first-order valence-corrected chi connectivity index (χ1v) is 4.16. The fourth-order valence-corrected chi connectivity index (χ4v) is 1.14. The van der Waals surface area contributed by atoms with Gasteiger partial charge in [0.1, 0.15) is 5.75 Å². The number of hydrogen-bond donors (Lipinski definition) is 1. The SMILES string of the molecule is COc1ccc(C#CC(N)=O)cc1Cl. The van der Waals surface area contributed by atoms with Gasteiger partial charge in [0.05, 0.1) is 12.1 Å². The van der Waals surface area contributed by atoms with Gasteiger partial charge in [0.2, 0.25) is 0 Å². The van der Waals surface area contributed by atoms with Crippen LogP contribution in [-0.4, -0.2) is 13.0 Å². The minimum Gasteiger partial charge on any atom is -0.495 e. The third kappa shape index (κ3) is 2.68. The van der Waals surface area contributed by atoms with Crippen LogP contribution >= 0.6 is 11.6 Å². The Bertz CT molecular complexity index is 418. The summed E-state index contributed by atoms with van der Waals surface area (Å²) in [5, 5.41) is 0.448. The monoisotopic (exact) mass is 209 g/mol. The lowest BCUT2D eigenvalue weighted by Crippen LogP contribution is -2.06. The van der Waals surface area contributed by atoms with Gasteiger partial charge in [0.25, 0.3) is 5.91 Å². The molecule has 0 spiro atoms. The number of halogens is 1. The molecule has 1 aromatic carbocycles. The maximum absolute atomic E-state index is 10.4. The van der Waals surface area contributed by atoms with Crippen molar-refractivity contribution in [3.63, 3.8) is 0 Å². The van der Waals surface area contributed by atoms with Crippen LogP contribution < -0.4 is 10.5 Å². The molecule has 0 aromatic heterocycles. The van der Waals surface area contributed by atoms with Crippen LogP contribution in [0.15, 0.2) is 18.2 Å². The van der Waals surface area contributed by atoms with Crippen molar-refractivity contribution in [1.82, 2.24) is 0 Å². The van der Waals surface area contributed by atoms with E-state index in [1.54, 1.807) is 18.2 Å². The van der Waals surface area contributed by atoms with E-state index in [1.807, 2.05) is 0 Å². The first-order chi connectivity index (χ1) is 6.63. The van der Waals surface area contributed by atoms with Crippen molar-refractivity contribution in [3.8, 4) is 17.6 Å². The first-order valence-electron chi connectivity index (χ1n) is 3.78. The zero-order valence-electron chi connectivity index (χ0n) is 7.50. The van der Waals surface area contributed by atoms with Gasteiger partial charge in [0, 0.05) is 5.56 Å². The molecule has 0 bridgehead atoms. The van der Waals surface area contributed by atoms with Crippen LogP contribution in [0.4, 0.5) is 0 Å². The Hall–Kier alpha value is -1.66. The van der Waals surface area contributed by atoms with Gasteiger partial charge in [-0.3, -0.25) is 4.79 Å². The molecule has 0 atom stereocenters. The van der Waals surface area contributed by atoms with Gasteiger partial charge in [-0.1, -0.05) is 17.5 Å². The summed E-state index contributed by atoms with van der Waals surface area (Å²) >= 11 is 5.84. The number of primary amides is 1. The summed E-state index contributed by atoms with van der Waals surface area (Å²) in [5.41, 5.74) is 5.48. The number of ether oxygens (including phenoxy) is 1. The molecule has 14 heavy (non-hydrogen) atoms. The highest BCUT2D eigenvalue weighted by Gasteiger charge is 1.99. The molecule has 2 N–H and O–H groups in total. The Morgan fingerprint density at radius 3 is 2.79 bits per heavy atom. The summed E-state index contributed by atoms with van der Waals surface area (Å²) in [4.78, 5) is 10.4. The first kappa shape index (κ1) is 10.4. The molecule has 0 saturated carbocycles. The van der Waals surface area contributed by atoms with E-state index < -0.39 is 5.91 Å². The second kappa shape index (κ2) is 4.54. The summed E-state index contributed by atoms with van der Waals surface area (Å²) in [7, 11) is 1.52. The smallest absolute Gasteiger partial charge is 0.293 e. The standard InChI is InChI=1S/C10H8ClNO2/c1-14-9-4-2-7(6-8(9)11)3-5-10(12)13/h2,4,6H,1H3,(H2,12,13). The Balaban J connectivity index is 2.99. The zero-order chi connectivity index (χ0) is 10.6. The number of hydrogen-bond acceptors (Lipinski definition) is 2. The van der Waals surface area contributed by atoms with Crippen molar-refractivity contribution >= 4 is 17.5 Å². The normalized spacial score (nSPS) is 8.71. The van der Waals surface area contributed by atoms with Gasteiger partial charge >= 0.3 is 0 Å².